The highest BCUT2D eigenvalue weighted by Crippen LogP contribution is 1.99. The van der Waals surface area contributed by atoms with Gasteiger partial charge in [0.25, 0.3) is 0 Å². The quantitative estimate of drug-likeness (QED) is 0.665. The minimum Gasteiger partial charge on any atom is -0.348 e. The van der Waals surface area contributed by atoms with E-state index in [2.05, 4.69) is 18.7 Å². The first-order valence-corrected chi connectivity index (χ1v) is 5.13. The van der Waals surface area contributed by atoms with Crippen molar-refractivity contribution in [3.8, 4) is 0 Å². The topological polar surface area (TPSA) is 49.6 Å². The second-order valence-electron chi connectivity index (χ2n) is 3.99. The molecule has 4 heteroatoms. The summed E-state index contributed by atoms with van der Waals surface area (Å²) in [5.41, 5.74) is 5.45. The fourth-order valence-electron chi connectivity index (χ4n) is 1.13. The van der Waals surface area contributed by atoms with E-state index in [0.717, 1.165) is 13.0 Å². The standard InChI is InChI=1S/C10H23N3O/c1-9(2)13(7-5-6-11)8-10(14)12(3)4/h9H,5-8,11H2,1-4H3. The van der Waals surface area contributed by atoms with Gasteiger partial charge in [-0.05, 0) is 26.8 Å². The molecule has 0 heterocycles. The number of rotatable bonds is 6. The Hall–Kier alpha value is -0.610. The van der Waals surface area contributed by atoms with Gasteiger partial charge in [0.2, 0.25) is 5.91 Å². The van der Waals surface area contributed by atoms with Crippen molar-refractivity contribution >= 4 is 5.91 Å². The molecule has 1 amide bonds. The van der Waals surface area contributed by atoms with Crippen LogP contribution in [0.1, 0.15) is 20.3 Å². The van der Waals surface area contributed by atoms with Crippen molar-refractivity contribution in [2.45, 2.75) is 26.3 Å². The molecule has 84 valence electrons. The third-order valence-electron chi connectivity index (χ3n) is 2.22. The van der Waals surface area contributed by atoms with Crippen molar-refractivity contribution in [1.82, 2.24) is 9.80 Å². The van der Waals surface area contributed by atoms with Crippen LogP contribution in [-0.2, 0) is 4.79 Å². The smallest absolute Gasteiger partial charge is 0.236 e. The van der Waals surface area contributed by atoms with Crippen LogP contribution >= 0.6 is 0 Å². The normalized spacial score (nSPS) is 11.1. The number of nitrogens with two attached hydrogens (primary N) is 1. The van der Waals surface area contributed by atoms with E-state index >= 15 is 0 Å². The van der Waals surface area contributed by atoms with E-state index < -0.39 is 0 Å². The molecule has 0 saturated heterocycles. The lowest BCUT2D eigenvalue weighted by atomic mass is 10.2. The molecule has 0 bridgehead atoms. The van der Waals surface area contributed by atoms with Crippen LogP contribution in [0.3, 0.4) is 0 Å². The van der Waals surface area contributed by atoms with Crippen LogP contribution in [0.4, 0.5) is 0 Å². The van der Waals surface area contributed by atoms with Crippen molar-refractivity contribution in [2.75, 3.05) is 33.7 Å². The summed E-state index contributed by atoms with van der Waals surface area (Å²) >= 11 is 0. The minimum atomic E-state index is 0.149. The average molecular weight is 201 g/mol. The predicted octanol–water partition coefficient (Wildman–Crippen LogP) is 0.134. The Balaban J connectivity index is 4.02. The molecule has 0 aliphatic carbocycles. The largest absolute Gasteiger partial charge is 0.348 e. The number of nitrogens with zero attached hydrogens (tertiary/aromatic N) is 2. The molecule has 4 nitrogen and oxygen atoms in total. The van der Waals surface area contributed by atoms with Gasteiger partial charge in [0.15, 0.2) is 0 Å². The van der Waals surface area contributed by atoms with E-state index in [-0.39, 0.29) is 5.91 Å². The lowest BCUT2D eigenvalue weighted by molar-refractivity contribution is -0.130. The Bertz CT molecular complexity index is 169. The van der Waals surface area contributed by atoms with Gasteiger partial charge >= 0.3 is 0 Å². The number of carbonyl (C=O) groups is 1. The zero-order chi connectivity index (χ0) is 11.1. The molecule has 0 radical (unpaired) electrons. The van der Waals surface area contributed by atoms with Crippen LogP contribution in [0.25, 0.3) is 0 Å². The molecule has 0 unspecified atom stereocenters. The third-order valence-corrected chi connectivity index (χ3v) is 2.22. The summed E-state index contributed by atoms with van der Waals surface area (Å²) in [5, 5.41) is 0. The van der Waals surface area contributed by atoms with Gasteiger partial charge in [0.1, 0.15) is 0 Å². The number of hydrogen-bond donors (Lipinski definition) is 1. The molecule has 14 heavy (non-hydrogen) atoms. The maximum absolute atomic E-state index is 11.5. The van der Waals surface area contributed by atoms with Crippen molar-refractivity contribution in [3.05, 3.63) is 0 Å². The Labute approximate surface area is 87.0 Å². The molecule has 0 atom stereocenters. The molecule has 0 rings (SSSR count). The van der Waals surface area contributed by atoms with Gasteiger partial charge in [0, 0.05) is 26.7 Å². The summed E-state index contributed by atoms with van der Waals surface area (Å²) < 4.78 is 0. The number of likely N-dealkylation sites (N-methyl/N-ethyl adjacent to an activating group) is 1. The van der Waals surface area contributed by atoms with E-state index in [1.54, 1.807) is 19.0 Å². The number of amides is 1. The van der Waals surface area contributed by atoms with E-state index in [9.17, 15) is 4.79 Å². The summed E-state index contributed by atoms with van der Waals surface area (Å²) in [6.07, 6.45) is 0.943. The van der Waals surface area contributed by atoms with Gasteiger partial charge in [-0.1, -0.05) is 0 Å². The summed E-state index contributed by atoms with van der Waals surface area (Å²) in [7, 11) is 3.56. The fraction of sp³-hybridized carbons (Fsp3) is 0.900. The first kappa shape index (κ1) is 13.4. The zero-order valence-corrected chi connectivity index (χ0v) is 9.79. The van der Waals surface area contributed by atoms with Gasteiger partial charge in [-0.2, -0.15) is 0 Å². The SMILES string of the molecule is CC(C)N(CCCN)CC(=O)N(C)C. The van der Waals surface area contributed by atoms with Crippen LogP contribution in [-0.4, -0.2) is 55.5 Å². The van der Waals surface area contributed by atoms with Crippen molar-refractivity contribution in [3.63, 3.8) is 0 Å². The lowest BCUT2D eigenvalue weighted by Gasteiger charge is -2.26. The van der Waals surface area contributed by atoms with E-state index in [4.69, 9.17) is 5.73 Å². The Morgan fingerprint density at radius 2 is 1.93 bits per heavy atom. The lowest BCUT2D eigenvalue weighted by Crippen LogP contribution is -2.41. The van der Waals surface area contributed by atoms with Crippen LogP contribution in [0.15, 0.2) is 0 Å². The highest BCUT2D eigenvalue weighted by molar-refractivity contribution is 5.77. The van der Waals surface area contributed by atoms with E-state index in [0.29, 0.717) is 19.1 Å². The second kappa shape index (κ2) is 6.79. The fourth-order valence-corrected chi connectivity index (χ4v) is 1.13. The summed E-state index contributed by atoms with van der Waals surface area (Å²) in [6, 6.07) is 0.394. The summed E-state index contributed by atoms with van der Waals surface area (Å²) in [6.45, 7) is 6.26. The van der Waals surface area contributed by atoms with Crippen LogP contribution < -0.4 is 5.73 Å². The zero-order valence-electron chi connectivity index (χ0n) is 9.79. The van der Waals surface area contributed by atoms with Gasteiger partial charge in [-0.25, -0.2) is 0 Å². The van der Waals surface area contributed by atoms with E-state index in [1.165, 1.54) is 0 Å². The second-order valence-corrected chi connectivity index (χ2v) is 3.99. The Kier molecular flexibility index (Phi) is 6.49. The van der Waals surface area contributed by atoms with Gasteiger partial charge in [-0.15, -0.1) is 0 Å². The molecular weight excluding hydrogens is 178 g/mol. The number of carbonyl (C=O) groups excluding carboxylic acids is 1. The van der Waals surface area contributed by atoms with Crippen LogP contribution in [0.5, 0.6) is 0 Å². The minimum absolute atomic E-state index is 0.149. The first-order valence-electron chi connectivity index (χ1n) is 5.13. The molecule has 2 N–H and O–H groups in total. The van der Waals surface area contributed by atoms with Crippen LogP contribution in [0, 0.1) is 0 Å². The monoisotopic (exact) mass is 201 g/mol. The maximum atomic E-state index is 11.5. The van der Waals surface area contributed by atoms with Crippen molar-refractivity contribution < 1.29 is 4.79 Å². The Morgan fingerprint density at radius 1 is 1.36 bits per heavy atom. The molecule has 0 saturated carbocycles. The third kappa shape index (κ3) is 5.19. The first-order chi connectivity index (χ1) is 6.49. The molecule has 0 aromatic rings. The maximum Gasteiger partial charge on any atom is 0.236 e. The predicted molar refractivity (Wildman–Crippen MR) is 59.1 cm³/mol. The van der Waals surface area contributed by atoms with Gasteiger partial charge in [-0.3, -0.25) is 9.69 Å². The van der Waals surface area contributed by atoms with Crippen molar-refractivity contribution in [2.24, 2.45) is 5.73 Å². The highest BCUT2D eigenvalue weighted by atomic mass is 16.2. The molecule has 0 aliphatic heterocycles. The summed E-state index contributed by atoms with van der Waals surface area (Å²) in [4.78, 5) is 15.2. The van der Waals surface area contributed by atoms with Gasteiger partial charge < -0.3 is 10.6 Å². The Morgan fingerprint density at radius 3 is 2.29 bits per heavy atom. The van der Waals surface area contributed by atoms with Crippen molar-refractivity contribution in [1.29, 1.82) is 0 Å². The average Bonchev–Trinajstić information content (AvgIpc) is 2.10. The number of hydrogen-bond acceptors (Lipinski definition) is 3. The molecular formula is C10H23N3O. The molecule has 0 aromatic carbocycles. The molecule has 0 aliphatic rings. The van der Waals surface area contributed by atoms with E-state index in [1.807, 2.05) is 0 Å². The van der Waals surface area contributed by atoms with Crippen LogP contribution in [0.2, 0.25) is 0 Å². The molecule has 0 spiro atoms. The highest BCUT2D eigenvalue weighted by Gasteiger charge is 2.14. The summed E-state index contributed by atoms with van der Waals surface area (Å²) in [5.74, 6) is 0.149. The molecule has 0 fully saturated rings. The van der Waals surface area contributed by atoms with Gasteiger partial charge in [0.05, 0.1) is 6.54 Å². The molecule has 0 aromatic heterocycles.